The molecule has 0 unspecified atom stereocenters. The van der Waals surface area contributed by atoms with Gasteiger partial charge in [0.15, 0.2) is 0 Å². The highest BCUT2D eigenvalue weighted by Crippen LogP contribution is 2.49. The van der Waals surface area contributed by atoms with E-state index in [2.05, 4.69) is 114 Å². The molecule has 0 saturated carbocycles. The van der Waals surface area contributed by atoms with Crippen molar-refractivity contribution in [3.63, 3.8) is 0 Å². The van der Waals surface area contributed by atoms with Crippen LogP contribution in [0, 0.1) is 0 Å². The number of nitrogens with zero attached hydrogens (tertiary/aromatic N) is 3. The molecule has 0 atom stereocenters. The molecule has 0 spiro atoms. The summed E-state index contributed by atoms with van der Waals surface area (Å²) >= 11 is 0. The molecule has 1 aliphatic rings. The van der Waals surface area contributed by atoms with E-state index in [1.807, 2.05) is 18.2 Å². The lowest BCUT2D eigenvalue weighted by Gasteiger charge is -2.13. The average Bonchev–Trinajstić information content (AvgIpc) is 3.29. The fourth-order valence-electron chi connectivity index (χ4n) is 6.47. The van der Waals surface area contributed by atoms with Gasteiger partial charge in [-0.2, -0.15) is 0 Å². The van der Waals surface area contributed by atoms with Gasteiger partial charge in [-0.25, -0.2) is 9.97 Å². The molecule has 0 aliphatic heterocycles. The number of aromatic nitrogens is 3. The second kappa shape index (κ2) is 7.62. The number of benzene rings is 5. The molecule has 3 nitrogen and oxygen atoms in total. The molecular formula is C36H21N3. The van der Waals surface area contributed by atoms with E-state index in [4.69, 9.17) is 9.97 Å². The summed E-state index contributed by atoms with van der Waals surface area (Å²) in [6.07, 6.45) is 0. The zero-order valence-corrected chi connectivity index (χ0v) is 21.0. The topological polar surface area (TPSA) is 30.7 Å². The predicted molar refractivity (Wildman–Crippen MR) is 161 cm³/mol. The van der Waals surface area contributed by atoms with Crippen LogP contribution in [-0.4, -0.2) is 14.5 Å². The van der Waals surface area contributed by atoms with Crippen molar-refractivity contribution < 1.29 is 0 Å². The molecule has 9 rings (SSSR count). The van der Waals surface area contributed by atoms with E-state index in [9.17, 15) is 0 Å². The molecule has 3 heteroatoms. The van der Waals surface area contributed by atoms with Crippen LogP contribution in [0.5, 0.6) is 0 Å². The van der Waals surface area contributed by atoms with Gasteiger partial charge in [-0.05, 0) is 69.4 Å². The van der Waals surface area contributed by atoms with Crippen molar-refractivity contribution in [3.05, 3.63) is 127 Å². The first kappa shape index (κ1) is 20.7. The second-order valence-corrected chi connectivity index (χ2v) is 10.2. The van der Waals surface area contributed by atoms with Crippen LogP contribution in [0.4, 0.5) is 0 Å². The molecule has 3 heterocycles. The summed E-state index contributed by atoms with van der Waals surface area (Å²) in [6, 6.07) is 45.3. The number of fused-ring (bicyclic) bond motifs is 4. The van der Waals surface area contributed by atoms with Crippen molar-refractivity contribution in [3.8, 4) is 39.3 Å². The molecule has 39 heavy (non-hydrogen) atoms. The minimum absolute atomic E-state index is 0.886. The maximum absolute atomic E-state index is 5.15. The Kier molecular flexibility index (Phi) is 4.05. The Morgan fingerprint density at radius 2 is 1.08 bits per heavy atom. The lowest BCUT2D eigenvalue weighted by atomic mass is 9.93. The summed E-state index contributed by atoms with van der Waals surface area (Å²) in [4.78, 5) is 10.1. The van der Waals surface area contributed by atoms with Gasteiger partial charge in [0.25, 0.3) is 0 Å². The standard InChI is InChI=1S/C36H21N3/c1-2-8-22(9-3-1)28-17-18-30-29(37-28)19-21-33(38-30)39-31-15-7-14-27-25-12-5-4-11-24(25)26-13-6-10-23-16-20-32(39)36(34(23)26)35(27)31/h1-21H. The van der Waals surface area contributed by atoms with Gasteiger partial charge in [0.1, 0.15) is 5.82 Å². The summed E-state index contributed by atoms with van der Waals surface area (Å²) in [5.41, 5.74) is 11.3. The molecule has 0 amide bonds. The third-order valence-corrected chi connectivity index (χ3v) is 8.13. The minimum Gasteiger partial charge on any atom is -0.294 e. The fourth-order valence-corrected chi connectivity index (χ4v) is 6.47. The normalized spacial score (nSPS) is 12.1. The summed E-state index contributed by atoms with van der Waals surface area (Å²) in [5, 5.41) is 5.15. The Labute approximate surface area is 224 Å². The summed E-state index contributed by atoms with van der Waals surface area (Å²) in [6.45, 7) is 0. The van der Waals surface area contributed by atoms with Crippen molar-refractivity contribution in [2.24, 2.45) is 0 Å². The van der Waals surface area contributed by atoms with Crippen LogP contribution in [-0.2, 0) is 0 Å². The SMILES string of the molecule is c1ccc(-c2ccc3nc(-n4c5cccc6c5c5c7c(cccc7ccc54)-c4ccccc4-6)ccc3n2)cc1. The third-order valence-electron chi connectivity index (χ3n) is 8.13. The van der Waals surface area contributed by atoms with Gasteiger partial charge < -0.3 is 0 Å². The van der Waals surface area contributed by atoms with Crippen LogP contribution in [0.1, 0.15) is 0 Å². The smallest absolute Gasteiger partial charge is 0.138 e. The quantitative estimate of drug-likeness (QED) is 0.239. The first-order chi connectivity index (χ1) is 19.3. The number of hydrogen-bond acceptors (Lipinski definition) is 2. The van der Waals surface area contributed by atoms with Crippen molar-refractivity contribution in [1.82, 2.24) is 14.5 Å². The van der Waals surface area contributed by atoms with Crippen molar-refractivity contribution in [1.29, 1.82) is 0 Å². The van der Waals surface area contributed by atoms with Gasteiger partial charge in [-0.3, -0.25) is 4.57 Å². The van der Waals surface area contributed by atoms with Gasteiger partial charge >= 0.3 is 0 Å². The lowest BCUT2D eigenvalue weighted by Crippen LogP contribution is -1.99. The Bertz CT molecular complexity index is 2280. The Morgan fingerprint density at radius 1 is 0.410 bits per heavy atom. The van der Waals surface area contributed by atoms with Crippen LogP contribution >= 0.6 is 0 Å². The van der Waals surface area contributed by atoms with Gasteiger partial charge in [-0.1, -0.05) is 91.0 Å². The molecule has 0 fully saturated rings. The van der Waals surface area contributed by atoms with Gasteiger partial charge in [0.05, 0.1) is 27.8 Å². The van der Waals surface area contributed by atoms with E-state index >= 15 is 0 Å². The Balaban J connectivity index is 1.37. The van der Waals surface area contributed by atoms with E-state index in [0.29, 0.717) is 0 Å². The monoisotopic (exact) mass is 495 g/mol. The largest absolute Gasteiger partial charge is 0.294 e. The highest BCUT2D eigenvalue weighted by atomic mass is 15.1. The van der Waals surface area contributed by atoms with Crippen LogP contribution in [0.15, 0.2) is 127 Å². The number of rotatable bonds is 2. The van der Waals surface area contributed by atoms with E-state index < -0.39 is 0 Å². The highest BCUT2D eigenvalue weighted by Gasteiger charge is 2.24. The zero-order valence-electron chi connectivity index (χ0n) is 21.0. The van der Waals surface area contributed by atoms with Crippen LogP contribution in [0.2, 0.25) is 0 Å². The van der Waals surface area contributed by atoms with E-state index in [0.717, 1.165) is 28.1 Å². The first-order valence-corrected chi connectivity index (χ1v) is 13.3. The summed E-state index contributed by atoms with van der Waals surface area (Å²) in [5.74, 6) is 0.902. The van der Waals surface area contributed by atoms with Gasteiger partial charge in [-0.15, -0.1) is 0 Å². The van der Waals surface area contributed by atoms with Gasteiger partial charge in [0.2, 0.25) is 0 Å². The fraction of sp³-hybridized carbons (Fsp3) is 0. The van der Waals surface area contributed by atoms with Crippen LogP contribution in [0.3, 0.4) is 0 Å². The molecule has 3 aromatic heterocycles. The minimum atomic E-state index is 0.886. The van der Waals surface area contributed by atoms with E-state index in [1.165, 1.54) is 54.8 Å². The first-order valence-electron chi connectivity index (χ1n) is 13.3. The molecule has 5 aromatic carbocycles. The van der Waals surface area contributed by atoms with Crippen LogP contribution in [0.25, 0.3) is 82.9 Å². The maximum atomic E-state index is 5.15. The predicted octanol–water partition coefficient (Wildman–Crippen LogP) is 9.19. The number of hydrogen-bond donors (Lipinski definition) is 0. The van der Waals surface area contributed by atoms with E-state index in [-0.39, 0.29) is 0 Å². The second-order valence-electron chi connectivity index (χ2n) is 10.2. The average molecular weight is 496 g/mol. The molecule has 0 bridgehead atoms. The van der Waals surface area contributed by atoms with Crippen molar-refractivity contribution in [2.45, 2.75) is 0 Å². The lowest BCUT2D eigenvalue weighted by molar-refractivity contribution is 1.10. The molecule has 180 valence electrons. The zero-order chi connectivity index (χ0) is 25.5. The van der Waals surface area contributed by atoms with Crippen molar-refractivity contribution in [2.75, 3.05) is 0 Å². The van der Waals surface area contributed by atoms with E-state index in [1.54, 1.807) is 0 Å². The summed E-state index contributed by atoms with van der Waals surface area (Å²) < 4.78 is 2.32. The Hall–Kier alpha value is -5.28. The molecule has 8 aromatic rings. The molecule has 1 aliphatic carbocycles. The van der Waals surface area contributed by atoms with Crippen molar-refractivity contribution >= 4 is 43.6 Å². The summed E-state index contributed by atoms with van der Waals surface area (Å²) in [7, 11) is 0. The molecule has 0 N–H and O–H groups in total. The maximum Gasteiger partial charge on any atom is 0.138 e. The Morgan fingerprint density at radius 3 is 1.92 bits per heavy atom. The van der Waals surface area contributed by atoms with Gasteiger partial charge in [0, 0.05) is 16.3 Å². The third kappa shape index (κ3) is 2.82. The highest BCUT2D eigenvalue weighted by molar-refractivity contribution is 6.30. The number of pyridine rings is 2. The molecular weight excluding hydrogens is 474 g/mol. The molecule has 0 radical (unpaired) electrons. The molecule has 0 saturated heterocycles. The van der Waals surface area contributed by atoms with Crippen LogP contribution < -0.4 is 0 Å².